The molecule has 5 heteroatoms. The molecule has 2 rings (SSSR count). The van der Waals surface area contributed by atoms with Gasteiger partial charge in [0.05, 0.1) is 6.20 Å². The van der Waals surface area contributed by atoms with Crippen molar-refractivity contribution in [3.05, 3.63) is 47.7 Å². The normalized spacial score (nSPS) is 12.1. The van der Waals surface area contributed by atoms with Gasteiger partial charge in [-0.2, -0.15) is 0 Å². The molecule has 0 saturated heterocycles. The molecule has 0 radical (unpaired) electrons. The molecule has 1 heterocycles. The van der Waals surface area contributed by atoms with Crippen molar-refractivity contribution >= 4 is 6.41 Å². The molecule has 1 aromatic carbocycles. The molecular formula is C13H14N2O3. The number of phenolic OH excluding ortho intramolecular Hbond substituents is 1. The average molecular weight is 246 g/mol. The maximum Gasteiger partial charge on any atom is 0.217 e. The average Bonchev–Trinajstić information content (AvgIpc) is 2.78. The van der Waals surface area contributed by atoms with Gasteiger partial charge in [-0.15, -0.1) is 0 Å². The van der Waals surface area contributed by atoms with Crippen LogP contribution in [-0.4, -0.2) is 16.5 Å². The Labute approximate surface area is 104 Å². The molecule has 18 heavy (non-hydrogen) atoms. The summed E-state index contributed by atoms with van der Waals surface area (Å²) in [7, 11) is 0. The highest BCUT2D eigenvalue weighted by atomic mass is 16.4. The number of carbonyl (C=O) groups excluding carboxylic acids is 1. The van der Waals surface area contributed by atoms with Crippen molar-refractivity contribution in [2.24, 2.45) is 0 Å². The number of aromatic nitrogens is 1. The van der Waals surface area contributed by atoms with E-state index in [1.54, 1.807) is 37.4 Å². The summed E-state index contributed by atoms with van der Waals surface area (Å²) in [6.07, 6.45) is 2.80. The maximum atomic E-state index is 10.6. The number of oxazole rings is 1. The zero-order valence-corrected chi connectivity index (χ0v) is 9.96. The first-order valence-electron chi connectivity index (χ1n) is 5.59. The van der Waals surface area contributed by atoms with E-state index in [0.29, 0.717) is 24.5 Å². The number of hydrogen-bond acceptors (Lipinski definition) is 4. The number of hydrogen-bond donors (Lipinski definition) is 2. The van der Waals surface area contributed by atoms with Gasteiger partial charge in [-0.3, -0.25) is 4.79 Å². The number of amides is 1. The first kappa shape index (κ1) is 12.2. The summed E-state index contributed by atoms with van der Waals surface area (Å²) in [5.41, 5.74) is 0.975. The van der Waals surface area contributed by atoms with Gasteiger partial charge in [0, 0.05) is 6.42 Å². The molecule has 94 valence electrons. The molecule has 0 spiro atoms. The highest BCUT2D eigenvalue weighted by molar-refractivity contribution is 5.47. The van der Waals surface area contributed by atoms with Crippen LogP contribution in [0.2, 0.25) is 0 Å². The second kappa shape index (κ2) is 5.35. The highest BCUT2D eigenvalue weighted by Gasteiger charge is 2.16. The SMILES string of the molecule is Cc1cnc([C@H](Cc2ccc(O)cc2)NC=O)o1. The highest BCUT2D eigenvalue weighted by Crippen LogP contribution is 2.19. The van der Waals surface area contributed by atoms with Crippen molar-refractivity contribution in [2.75, 3.05) is 0 Å². The monoisotopic (exact) mass is 246 g/mol. The zero-order valence-electron chi connectivity index (χ0n) is 9.96. The Morgan fingerprint density at radius 2 is 2.17 bits per heavy atom. The Hall–Kier alpha value is -2.30. The van der Waals surface area contributed by atoms with Crippen LogP contribution >= 0.6 is 0 Å². The molecule has 0 fully saturated rings. The minimum absolute atomic E-state index is 0.214. The molecule has 5 nitrogen and oxygen atoms in total. The van der Waals surface area contributed by atoms with E-state index in [9.17, 15) is 9.90 Å². The Morgan fingerprint density at radius 3 is 2.72 bits per heavy atom. The quantitative estimate of drug-likeness (QED) is 0.788. The molecule has 0 saturated carbocycles. The van der Waals surface area contributed by atoms with Crippen molar-refractivity contribution in [1.29, 1.82) is 0 Å². The molecule has 1 aromatic heterocycles. The molecule has 1 atom stereocenters. The lowest BCUT2D eigenvalue weighted by molar-refractivity contribution is -0.110. The van der Waals surface area contributed by atoms with Crippen LogP contribution in [-0.2, 0) is 11.2 Å². The first-order chi connectivity index (χ1) is 8.69. The van der Waals surface area contributed by atoms with Gasteiger partial charge in [-0.05, 0) is 24.6 Å². The standard InChI is InChI=1S/C13H14N2O3/c1-9-7-14-13(18-9)12(15-8-16)6-10-2-4-11(17)5-3-10/h2-5,7-8,12,17H,6H2,1H3,(H,15,16)/t12-/m0/s1. The summed E-state index contributed by atoms with van der Waals surface area (Å²) in [6, 6.07) is 6.50. The summed E-state index contributed by atoms with van der Waals surface area (Å²) in [5.74, 6) is 1.40. The van der Waals surface area contributed by atoms with Crippen LogP contribution in [0.25, 0.3) is 0 Å². The van der Waals surface area contributed by atoms with E-state index in [0.717, 1.165) is 5.56 Å². The Balaban J connectivity index is 2.15. The number of aryl methyl sites for hydroxylation is 1. The van der Waals surface area contributed by atoms with Crippen molar-refractivity contribution in [3.8, 4) is 5.75 Å². The third kappa shape index (κ3) is 2.88. The maximum absolute atomic E-state index is 10.6. The summed E-state index contributed by atoms with van der Waals surface area (Å²) in [5, 5.41) is 11.9. The Morgan fingerprint density at radius 1 is 1.44 bits per heavy atom. The van der Waals surface area contributed by atoms with Crippen LogP contribution in [0.15, 0.2) is 34.9 Å². The topological polar surface area (TPSA) is 75.4 Å². The van der Waals surface area contributed by atoms with Crippen LogP contribution in [0, 0.1) is 6.92 Å². The van der Waals surface area contributed by atoms with Crippen molar-refractivity contribution in [2.45, 2.75) is 19.4 Å². The third-order valence-electron chi connectivity index (χ3n) is 2.58. The zero-order chi connectivity index (χ0) is 13.0. The van der Waals surface area contributed by atoms with Gasteiger partial charge >= 0.3 is 0 Å². The van der Waals surface area contributed by atoms with Gasteiger partial charge in [-0.25, -0.2) is 4.98 Å². The van der Waals surface area contributed by atoms with E-state index in [4.69, 9.17) is 4.42 Å². The summed E-state index contributed by atoms with van der Waals surface area (Å²) in [6.45, 7) is 1.80. The first-order valence-corrected chi connectivity index (χ1v) is 5.59. The molecule has 0 bridgehead atoms. The van der Waals surface area contributed by atoms with Gasteiger partial charge in [-0.1, -0.05) is 12.1 Å². The fourth-order valence-corrected chi connectivity index (χ4v) is 1.70. The number of benzene rings is 1. The van der Waals surface area contributed by atoms with Gasteiger partial charge in [0.15, 0.2) is 0 Å². The van der Waals surface area contributed by atoms with Crippen LogP contribution in [0.4, 0.5) is 0 Å². The lowest BCUT2D eigenvalue weighted by atomic mass is 10.1. The Bertz CT molecular complexity index is 519. The Kier molecular flexibility index (Phi) is 3.62. The largest absolute Gasteiger partial charge is 0.508 e. The fourth-order valence-electron chi connectivity index (χ4n) is 1.70. The smallest absolute Gasteiger partial charge is 0.217 e. The van der Waals surface area contributed by atoms with Gasteiger partial charge in [0.25, 0.3) is 0 Å². The van der Waals surface area contributed by atoms with Crippen molar-refractivity contribution in [1.82, 2.24) is 10.3 Å². The van der Waals surface area contributed by atoms with Crippen LogP contribution in [0.5, 0.6) is 5.75 Å². The van der Waals surface area contributed by atoms with Crippen LogP contribution in [0.3, 0.4) is 0 Å². The van der Waals surface area contributed by atoms with E-state index >= 15 is 0 Å². The van der Waals surface area contributed by atoms with Crippen molar-refractivity contribution in [3.63, 3.8) is 0 Å². The number of phenols is 1. The number of nitrogens with zero attached hydrogens (tertiary/aromatic N) is 1. The molecule has 2 aromatic rings. The van der Waals surface area contributed by atoms with E-state index in [1.807, 2.05) is 0 Å². The number of rotatable bonds is 5. The molecule has 0 aliphatic rings. The predicted molar refractivity (Wildman–Crippen MR) is 65.0 cm³/mol. The lowest BCUT2D eigenvalue weighted by Gasteiger charge is -2.12. The van der Waals surface area contributed by atoms with Gasteiger partial charge < -0.3 is 14.8 Å². The number of carbonyl (C=O) groups is 1. The fraction of sp³-hybridized carbons (Fsp3) is 0.231. The predicted octanol–water partition coefficient (Wildman–Crippen LogP) is 1.72. The summed E-state index contributed by atoms with van der Waals surface area (Å²) < 4.78 is 5.41. The van der Waals surface area contributed by atoms with E-state index < -0.39 is 0 Å². The van der Waals surface area contributed by atoms with E-state index in [2.05, 4.69) is 10.3 Å². The minimum Gasteiger partial charge on any atom is -0.508 e. The summed E-state index contributed by atoms with van der Waals surface area (Å²) in [4.78, 5) is 14.7. The van der Waals surface area contributed by atoms with Gasteiger partial charge in [0.1, 0.15) is 17.6 Å². The second-order valence-electron chi connectivity index (χ2n) is 4.02. The van der Waals surface area contributed by atoms with E-state index in [-0.39, 0.29) is 11.8 Å². The van der Waals surface area contributed by atoms with Crippen molar-refractivity contribution < 1.29 is 14.3 Å². The molecule has 0 aliphatic heterocycles. The third-order valence-corrected chi connectivity index (χ3v) is 2.58. The number of nitrogens with one attached hydrogen (secondary N) is 1. The minimum atomic E-state index is -0.305. The number of aromatic hydroxyl groups is 1. The van der Waals surface area contributed by atoms with Crippen LogP contribution < -0.4 is 5.32 Å². The lowest BCUT2D eigenvalue weighted by Crippen LogP contribution is -2.22. The molecule has 0 unspecified atom stereocenters. The molecule has 1 amide bonds. The molecular weight excluding hydrogens is 232 g/mol. The molecule has 0 aliphatic carbocycles. The van der Waals surface area contributed by atoms with Crippen LogP contribution in [0.1, 0.15) is 23.3 Å². The summed E-state index contributed by atoms with van der Waals surface area (Å²) >= 11 is 0. The van der Waals surface area contributed by atoms with Gasteiger partial charge in [0.2, 0.25) is 12.3 Å². The van der Waals surface area contributed by atoms with E-state index in [1.165, 1.54) is 0 Å². The second-order valence-corrected chi connectivity index (χ2v) is 4.02. The molecule has 2 N–H and O–H groups in total.